The molecule has 2 nitrogen and oxygen atoms in total. The van der Waals surface area contributed by atoms with E-state index in [-0.39, 0.29) is 6.04 Å². The fourth-order valence-corrected chi connectivity index (χ4v) is 2.12. The van der Waals surface area contributed by atoms with Crippen LogP contribution in [0.4, 0.5) is 0 Å². The van der Waals surface area contributed by atoms with Crippen LogP contribution in [0.2, 0.25) is 0 Å². The van der Waals surface area contributed by atoms with Gasteiger partial charge < -0.3 is 5.73 Å². The fraction of sp³-hybridized carbons (Fsp3) is 0.312. The van der Waals surface area contributed by atoms with Crippen molar-refractivity contribution in [1.82, 2.24) is 4.98 Å². The lowest BCUT2D eigenvalue weighted by atomic mass is 10.0. The number of fused-ring (bicyclic) bond motifs is 1. The lowest BCUT2D eigenvalue weighted by Crippen LogP contribution is -2.12. The van der Waals surface area contributed by atoms with Crippen molar-refractivity contribution in [2.24, 2.45) is 5.73 Å². The van der Waals surface area contributed by atoms with Crippen molar-refractivity contribution in [1.29, 1.82) is 0 Å². The first-order valence-corrected chi connectivity index (χ1v) is 6.34. The molecule has 0 amide bonds. The molecule has 1 aromatic heterocycles. The van der Waals surface area contributed by atoms with Crippen molar-refractivity contribution in [2.75, 3.05) is 0 Å². The van der Waals surface area contributed by atoms with Gasteiger partial charge in [-0.2, -0.15) is 0 Å². The van der Waals surface area contributed by atoms with Gasteiger partial charge in [-0.15, -0.1) is 6.58 Å². The third kappa shape index (κ3) is 2.77. The van der Waals surface area contributed by atoms with Crippen LogP contribution >= 0.6 is 0 Å². The standard InChI is InChI=1S/C16H20N2/c1-11(2)8-9-14(17)16-10-12(3)13-6-4-5-7-15(13)18-16/h4-7,10,14H,1,8-9,17H2,2-3H3. The monoisotopic (exact) mass is 240 g/mol. The number of hydrogen-bond acceptors (Lipinski definition) is 2. The number of rotatable bonds is 4. The molecule has 2 N–H and O–H groups in total. The number of hydrogen-bond donors (Lipinski definition) is 1. The van der Waals surface area contributed by atoms with Gasteiger partial charge in [-0.1, -0.05) is 23.8 Å². The van der Waals surface area contributed by atoms with Crippen molar-refractivity contribution in [3.8, 4) is 0 Å². The third-order valence-corrected chi connectivity index (χ3v) is 3.20. The Kier molecular flexibility index (Phi) is 3.78. The molecular formula is C16H20N2. The van der Waals surface area contributed by atoms with Gasteiger partial charge in [0.05, 0.1) is 11.2 Å². The molecule has 1 unspecified atom stereocenters. The lowest BCUT2D eigenvalue weighted by Gasteiger charge is -2.13. The van der Waals surface area contributed by atoms with Crippen molar-refractivity contribution in [3.05, 3.63) is 53.7 Å². The molecule has 2 aromatic rings. The van der Waals surface area contributed by atoms with Gasteiger partial charge in [0.25, 0.3) is 0 Å². The molecule has 0 aliphatic rings. The Labute approximate surface area is 109 Å². The van der Waals surface area contributed by atoms with Crippen LogP contribution in [0, 0.1) is 6.92 Å². The average Bonchev–Trinajstić information content (AvgIpc) is 2.36. The lowest BCUT2D eigenvalue weighted by molar-refractivity contribution is 0.633. The Balaban J connectivity index is 2.31. The quantitative estimate of drug-likeness (QED) is 0.823. The van der Waals surface area contributed by atoms with Gasteiger partial charge in [-0.25, -0.2) is 0 Å². The summed E-state index contributed by atoms with van der Waals surface area (Å²) in [6.45, 7) is 8.06. The molecule has 0 aliphatic heterocycles. The Morgan fingerprint density at radius 3 is 2.83 bits per heavy atom. The first kappa shape index (κ1) is 12.8. The molecule has 0 saturated heterocycles. The summed E-state index contributed by atoms with van der Waals surface area (Å²) in [4.78, 5) is 4.66. The van der Waals surface area contributed by atoms with Crippen molar-refractivity contribution in [3.63, 3.8) is 0 Å². The van der Waals surface area contributed by atoms with Gasteiger partial charge in [0.2, 0.25) is 0 Å². The minimum absolute atomic E-state index is 0.00925. The third-order valence-electron chi connectivity index (χ3n) is 3.20. The number of para-hydroxylation sites is 1. The maximum Gasteiger partial charge on any atom is 0.0708 e. The largest absolute Gasteiger partial charge is 0.323 e. The van der Waals surface area contributed by atoms with Gasteiger partial charge in [0.15, 0.2) is 0 Å². The zero-order chi connectivity index (χ0) is 13.1. The minimum atomic E-state index is -0.00925. The molecule has 1 aromatic carbocycles. The highest BCUT2D eigenvalue weighted by atomic mass is 14.8. The zero-order valence-electron chi connectivity index (χ0n) is 11.1. The topological polar surface area (TPSA) is 38.9 Å². The zero-order valence-corrected chi connectivity index (χ0v) is 11.1. The van der Waals surface area contributed by atoms with Crippen molar-refractivity contribution >= 4 is 10.9 Å². The van der Waals surface area contributed by atoms with Crippen LogP contribution in [-0.4, -0.2) is 4.98 Å². The van der Waals surface area contributed by atoms with E-state index in [2.05, 4.69) is 30.6 Å². The summed E-state index contributed by atoms with van der Waals surface area (Å²) >= 11 is 0. The van der Waals surface area contributed by atoms with Crippen LogP contribution < -0.4 is 5.73 Å². The molecule has 2 heteroatoms. The Morgan fingerprint density at radius 2 is 2.11 bits per heavy atom. The molecule has 2 rings (SSSR count). The summed E-state index contributed by atoms with van der Waals surface area (Å²) in [7, 11) is 0. The summed E-state index contributed by atoms with van der Waals surface area (Å²) in [5, 5.41) is 1.20. The van der Waals surface area contributed by atoms with E-state index < -0.39 is 0 Å². The van der Waals surface area contributed by atoms with Crippen LogP contribution in [-0.2, 0) is 0 Å². The number of nitrogens with zero attached hydrogens (tertiary/aromatic N) is 1. The average molecular weight is 240 g/mol. The second-order valence-electron chi connectivity index (χ2n) is 4.98. The molecule has 0 bridgehead atoms. The van der Waals surface area contributed by atoms with Crippen LogP contribution in [0.25, 0.3) is 10.9 Å². The molecule has 94 valence electrons. The maximum atomic E-state index is 6.20. The summed E-state index contributed by atoms with van der Waals surface area (Å²) in [6, 6.07) is 10.3. The Morgan fingerprint density at radius 1 is 1.39 bits per heavy atom. The van der Waals surface area contributed by atoms with Gasteiger partial charge in [0, 0.05) is 11.4 Å². The van der Waals surface area contributed by atoms with Gasteiger partial charge in [-0.05, 0) is 44.4 Å². The normalized spacial score (nSPS) is 12.6. The van der Waals surface area contributed by atoms with E-state index in [4.69, 9.17) is 5.73 Å². The summed E-state index contributed by atoms with van der Waals surface area (Å²) < 4.78 is 0. The maximum absolute atomic E-state index is 6.20. The van der Waals surface area contributed by atoms with Crippen LogP contribution in [0.3, 0.4) is 0 Å². The molecule has 1 atom stereocenters. The number of aromatic nitrogens is 1. The highest BCUT2D eigenvalue weighted by Gasteiger charge is 2.10. The van der Waals surface area contributed by atoms with E-state index in [1.54, 1.807) is 0 Å². The van der Waals surface area contributed by atoms with E-state index in [1.807, 2.05) is 25.1 Å². The second-order valence-corrected chi connectivity index (χ2v) is 4.98. The fourth-order valence-electron chi connectivity index (χ4n) is 2.12. The number of benzene rings is 1. The highest BCUT2D eigenvalue weighted by molar-refractivity contribution is 5.82. The van der Waals surface area contributed by atoms with E-state index >= 15 is 0 Å². The first-order chi connectivity index (χ1) is 8.58. The number of allylic oxidation sites excluding steroid dienone is 1. The molecule has 0 spiro atoms. The summed E-state index contributed by atoms with van der Waals surface area (Å²) in [6.07, 6.45) is 1.86. The van der Waals surface area contributed by atoms with E-state index in [1.165, 1.54) is 16.5 Å². The second kappa shape index (κ2) is 5.32. The van der Waals surface area contributed by atoms with Crippen molar-refractivity contribution in [2.45, 2.75) is 32.7 Å². The number of nitrogens with two attached hydrogens (primary N) is 1. The van der Waals surface area contributed by atoms with Crippen LogP contribution in [0.15, 0.2) is 42.5 Å². The van der Waals surface area contributed by atoms with Gasteiger partial charge >= 0.3 is 0 Å². The smallest absolute Gasteiger partial charge is 0.0708 e. The highest BCUT2D eigenvalue weighted by Crippen LogP contribution is 2.22. The summed E-state index contributed by atoms with van der Waals surface area (Å²) in [5.41, 5.74) is 10.6. The first-order valence-electron chi connectivity index (χ1n) is 6.34. The SMILES string of the molecule is C=C(C)CCC(N)c1cc(C)c2ccccc2n1. The van der Waals surface area contributed by atoms with E-state index in [0.717, 1.165) is 24.1 Å². The minimum Gasteiger partial charge on any atom is -0.323 e. The van der Waals surface area contributed by atoms with Gasteiger partial charge in [-0.3, -0.25) is 4.98 Å². The predicted octanol–water partition coefficient (Wildman–Crippen LogP) is 3.90. The molecule has 0 fully saturated rings. The molecule has 0 saturated carbocycles. The number of aryl methyl sites for hydroxylation is 1. The predicted molar refractivity (Wildman–Crippen MR) is 77.5 cm³/mol. The van der Waals surface area contributed by atoms with Crippen LogP contribution in [0.5, 0.6) is 0 Å². The Hall–Kier alpha value is -1.67. The molecule has 1 heterocycles. The number of pyridine rings is 1. The molecular weight excluding hydrogens is 220 g/mol. The van der Waals surface area contributed by atoms with E-state index in [9.17, 15) is 0 Å². The van der Waals surface area contributed by atoms with Crippen molar-refractivity contribution < 1.29 is 0 Å². The van der Waals surface area contributed by atoms with Crippen LogP contribution in [0.1, 0.15) is 37.1 Å². The molecule has 0 aliphatic carbocycles. The molecule has 18 heavy (non-hydrogen) atoms. The Bertz CT molecular complexity index is 572. The molecule has 0 radical (unpaired) electrons. The van der Waals surface area contributed by atoms with Gasteiger partial charge in [0.1, 0.15) is 0 Å². The van der Waals surface area contributed by atoms with E-state index in [0.29, 0.717) is 0 Å². The summed E-state index contributed by atoms with van der Waals surface area (Å²) in [5.74, 6) is 0.